The van der Waals surface area contributed by atoms with Crippen LogP contribution in [0.1, 0.15) is 17.3 Å². The van der Waals surface area contributed by atoms with Crippen LogP contribution in [0.25, 0.3) is 0 Å². The number of ketones is 1. The molecule has 0 saturated carbocycles. The minimum absolute atomic E-state index is 0.0664. The predicted octanol–water partition coefficient (Wildman–Crippen LogP) is 2.28. The maximum atomic E-state index is 11.6. The third kappa shape index (κ3) is 2.79. The van der Waals surface area contributed by atoms with Gasteiger partial charge in [0.1, 0.15) is 5.71 Å². The molecule has 0 aliphatic heterocycles. The highest BCUT2D eigenvalue weighted by atomic mass is 16.7. The van der Waals surface area contributed by atoms with Crippen molar-refractivity contribution < 1.29 is 14.4 Å². The van der Waals surface area contributed by atoms with E-state index in [1.165, 1.54) is 12.2 Å². The summed E-state index contributed by atoms with van der Waals surface area (Å²) in [6, 6.07) is 8.58. The summed E-state index contributed by atoms with van der Waals surface area (Å²) in [6.45, 7) is 1.68. The van der Waals surface area contributed by atoms with Gasteiger partial charge in [-0.25, -0.2) is 4.79 Å². The summed E-state index contributed by atoms with van der Waals surface area (Å²) in [6.07, 6.45) is 4.47. The zero-order valence-corrected chi connectivity index (χ0v) is 9.79. The molecule has 18 heavy (non-hydrogen) atoms. The summed E-state index contributed by atoms with van der Waals surface area (Å²) >= 11 is 0. The Kier molecular flexibility index (Phi) is 3.48. The molecule has 2 rings (SSSR count). The van der Waals surface area contributed by atoms with Crippen molar-refractivity contribution in [3.05, 3.63) is 59.7 Å². The number of rotatable bonds is 2. The molecule has 1 aliphatic carbocycles. The quantitative estimate of drug-likeness (QED) is 0.453. The number of carbonyl (C=O) groups is 2. The topological polar surface area (TPSA) is 55.7 Å². The molecule has 1 aromatic rings. The Balaban J connectivity index is 2.06. The molecule has 90 valence electrons. The van der Waals surface area contributed by atoms with E-state index in [4.69, 9.17) is 4.84 Å². The van der Waals surface area contributed by atoms with Gasteiger partial charge in [-0.05, 0) is 42.9 Å². The van der Waals surface area contributed by atoms with E-state index >= 15 is 0 Å². The monoisotopic (exact) mass is 241 g/mol. The standard InChI is InChI=1S/C14H11NO3/c1-10-9-12(7-8-13(10)16)15-18-14(17)11-5-3-2-4-6-11/h2-9H,1H3/b15-12-. The van der Waals surface area contributed by atoms with E-state index in [0.29, 0.717) is 16.8 Å². The zero-order chi connectivity index (χ0) is 13.0. The largest absolute Gasteiger partial charge is 0.365 e. The number of nitrogens with zero attached hydrogens (tertiary/aromatic N) is 1. The third-order valence-electron chi connectivity index (χ3n) is 2.40. The van der Waals surface area contributed by atoms with Gasteiger partial charge in [0.05, 0.1) is 5.56 Å². The van der Waals surface area contributed by atoms with Gasteiger partial charge in [-0.1, -0.05) is 23.4 Å². The van der Waals surface area contributed by atoms with Crippen molar-refractivity contribution in [2.75, 3.05) is 0 Å². The molecule has 0 saturated heterocycles. The molecule has 1 aliphatic rings. The van der Waals surface area contributed by atoms with Crippen LogP contribution in [0.15, 0.2) is 59.3 Å². The summed E-state index contributed by atoms with van der Waals surface area (Å²) < 4.78 is 0. The van der Waals surface area contributed by atoms with Crippen LogP contribution >= 0.6 is 0 Å². The van der Waals surface area contributed by atoms with Gasteiger partial charge in [-0.2, -0.15) is 0 Å². The molecule has 4 heteroatoms. The Morgan fingerprint density at radius 2 is 1.89 bits per heavy atom. The van der Waals surface area contributed by atoms with Crippen LogP contribution in [0.5, 0.6) is 0 Å². The molecule has 0 bridgehead atoms. The van der Waals surface area contributed by atoms with Crippen molar-refractivity contribution in [1.29, 1.82) is 0 Å². The lowest BCUT2D eigenvalue weighted by molar-refractivity contribution is -0.111. The van der Waals surface area contributed by atoms with E-state index in [1.807, 2.05) is 6.07 Å². The molecule has 0 aromatic heterocycles. The van der Waals surface area contributed by atoms with Crippen molar-refractivity contribution in [1.82, 2.24) is 0 Å². The molecule has 1 aromatic carbocycles. The molecule has 0 spiro atoms. The SMILES string of the molecule is CC1=C/C(=N\OC(=O)c2ccccc2)C=CC1=O. The van der Waals surface area contributed by atoms with Crippen LogP contribution in [0.3, 0.4) is 0 Å². The lowest BCUT2D eigenvalue weighted by atomic mass is 10.1. The van der Waals surface area contributed by atoms with E-state index in [9.17, 15) is 9.59 Å². The van der Waals surface area contributed by atoms with Gasteiger partial charge < -0.3 is 4.84 Å². The van der Waals surface area contributed by atoms with Gasteiger partial charge in [0.15, 0.2) is 5.78 Å². The van der Waals surface area contributed by atoms with Gasteiger partial charge in [-0.15, -0.1) is 0 Å². The summed E-state index contributed by atoms with van der Waals surface area (Å²) in [5, 5.41) is 3.70. The third-order valence-corrected chi connectivity index (χ3v) is 2.40. The molecule has 0 heterocycles. The molecule has 0 radical (unpaired) electrons. The first-order valence-corrected chi connectivity index (χ1v) is 5.42. The van der Waals surface area contributed by atoms with E-state index in [-0.39, 0.29) is 5.78 Å². The van der Waals surface area contributed by atoms with E-state index in [0.717, 1.165) is 0 Å². The van der Waals surface area contributed by atoms with Crippen LogP contribution in [0, 0.1) is 0 Å². The number of hydrogen-bond donors (Lipinski definition) is 0. The molecular weight excluding hydrogens is 230 g/mol. The molecule has 4 nitrogen and oxygen atoms in total. The lowest BCUT2D eigenvalue weighted by Gasteiger charge is -2.03. The van der Waals surface area contributed by atoms with Crippen molar-refractivity contribution in [3.63, 3.8) is 0 Å². The van der Waals surface area contributed by atoms with Gasteiger partial charge in [0.25, 0.3) is 0 Å². The summed E-state index contributed by atoms with van der Waals surface area (Å²) in [4.78, 5) is 27.6. The fourth-order valence-electron chi connectivity index (χ4n) is 1.41. The number of hydrogen-bond acceptors (Lipinski definition) is 4. The second kappa shape index (κ2) is 5.23. The molecule has 0 atom stereocenters. The highest BCUT2D eigenvalue weighted by Crippen LogP contribution is 2.06. The number of allylic oxidation sites excluding steroid dienone is 4. The maximum absolute atomic E-state index is 11.6. The summed E-state index contributed by atoms with van der Waals surface area (Å²) in [7, 11) is 0. The van der Waals surface area contributed by atoms with Crippen LogP contribution in [0.4, 0.5) is 0 Å². The number of oxime groups is 1. The van der Waals surface area contributed by atoms with Crippen LogP contribution < -0.4 is 0 Å². The first kappa shape index (κ1) is 12.0. The predicted molar refractivity (Wildman–Crippen MR) is 67.2 cm³/mol. The van der Waals surface area contributed by atoms with Crippen molar-refractivity contribution in [2.24, 2.45) is 5.16 Å². The van der Waals surface area contributed by atoms with Crippen molar-refractivity contribution >= 4 is 17.5 Å². The molecule has 0 unspecified atom stereocenters. The summed E-state index contributed by atoms with van der Waals surface area (Å²) in [5.74, 6) is -0.595. The smallest absolute Gasteiger partial charge is 0.312 e. The minimum Gasteiger partial charge on any atom is -0.312 e. The van der Waals surface area contributed by atoms with Gasteiger partial charge in [-0.3, -0.25) is 4.79 Å². The normalized spacial score (nSPS) is 16.6. The molecule has 0 fully saturated rings. The average Bonchev–Trinajstić information content (AvgIpc) is 2.41. The molecular formula is C14H11NO3. The summed E-state index contributed by atoms with van der Waals surface area (Å²) in [5.41, 5.74) is 1.43. The van der Waals surface area contributed by atoms with Crippen LogP contribution in [0.2, 0.25) is 0 Å². The van der Waals surface area contributed by atoms with E-state index in [1.54, 1.807) is 37.3 Å². The first-order chi connectivity index (χ1) is 8.66. The number of benzene rings is 1. The first-order valence-electron chi connectivity index (χ1n) is 5.42. The van der Waals surface area contributed by atoms with E-state index in [2.05, 4.69) is 5.16 Å². The van der Waals surface area contributed by atoms with E-state index < -0.39 is 5.97 Å². The highest BCUT2D eigenvalue weighted by Gasteiger charge is 2.09. The zero-order valence-electron chi connectivity index (χ0n) is 9.79. The second-order valence-corrected chi connectivity index (χ2v) is 3.79. The average molecular weight is 241 g/mol. The second-order valence-electron chi connectivity index (χ2n) is 3.79. The van der Waals surface area contributed by atoms with Crippen LogP contribution in [-0.2, 0) is 9.63 Å². The van der Waals surface area contributed by atoms with Crippen molar-refractivity contribution in [3.8, 4) is 0 Å². The Morgan fingerprint density at radius 1 is 1.17 bits per heavy atom. The lowest BCUT2D eigenvalue weighted by Crippen LogP contribution is -2.07. The number of carbonyl (C=O) groups excluding carboxylic acids is 2. The fraction of sp³-hybridized carbons (Fsp3) is 0.0714. The minimum atomic E-state index is -0.528. The Hall–Kier alpha value is -2.49. The molecule has 0 N–H and O–H groups in total. The highest BCUT2D eigenvalue weighted by molar-refractivity contribution is 6.18. The van der Waals surface area contributed by atoms with Gasteiger partial charge >= 0.3 is 5.97 Å². The van der Waals surface area contributed by atoms with Gasteiger partial charge in [0.2, 0.25) is 0 Å². The molecule has 0 amide bonds. The Labute approximate surface area is 104 Å². The Morgan fingerprint density at radius 3 is 2.56 bits per heavy atom. The fourth-order valence-corrected chi connectivity index (χ4v) is 1.41. The van der Waals surface area contributed by atoms with Crippen LogP contribution in [-0.4, -0.2) is 17.5 Å². The van der Waals surface area contributed by atoms with Crippen molar-refractivity contribution in [2.45, 2.75) is 6.92 Å². The van der Waals surface area contributed by atoms with Gasteiger partial charge in [0, 0.05) is 0 Å². The maximum Gasteiger partial charge on any atom is 0.365 e. The Bertz CT molecular complexity index is 568.